The maximum absolute atomic E-state index is 11.4. The number of hydrogen-bond donors (Lipinski definition) is 1. The van der Waals surface area contributed by atoms with E-state index in [0.717, 1.165) is 51.4 Å². The van der Waals surface area contributed by atoms with Gasteiger partial charge in [-0.1, -0.05) is 38.8 Å². The maximum atomic E-state index is 11.4. The number of ketones is 1. The van der Waals surface area contributed by atoms with Crippen molar-refractivity contribution in [2.75, 3.05) is 0 Å². The molecule has 0 spiro atoms. The van der Waals surface area contributed by atoms with Gasteiger partial charge in [0.05, 0.1) is 5.41 Å². The molecule has 0 aromatic carbocycles. The van der Waals surface area contributed by atoms with Gasteiger partial charge in [-0.05, 0) is 59.3 Å². The van der Waals surface area contributed by atoms with Crippen molar-refractivity contribution in [3.63, 3.8) is 0 Å². The minimum atomic E-state index is -0.712. The molecule has 0 amide bonds. The van der Waals surface area contributed by atoms with Crippen molar-refractivity contribution in [3.05, 3.63) is 12.2 Å². The zero-order valence-corrected chi connectivity index (χ0v) is 15.1. The van der Waals surface area contributed by atoms with Crippen molar-refractivity contribution in [1.29, 1.82) is 0 Å². The van der Waals surface area contributed by atoms with Gasteiger partial charge in [0.1, 0.15) is 5.78 Å². The Morgan fingerprint density at radius 3 is 1.59 bits per heavy atom. The second-order valence-electron chi connectivity index (χ2n) is 7.59. The van der Waals surface area contributed by atoms with Gasteiger partial charge in [-0.15, -0.1) is 0 Å². The number of rotatable bonds is 12. The van der Waals surface area contributed by atoms with Gasteiger partial charge in [-0.2, -0.15) is 0 Å². The molecule has 0 bridgehead atoms. The molecule has 0 radical (unpaired) electrons. The number of carboxylic acids is 1. The van der Waals surface area contributed by atoms with Crippen LogP contribution in [0.3, 0.4) is 0 Å². The molecule has 1 N–H and O–H groups in total. The number of carboxylic acid groups (broad SMARTS) is 1. The minimum absolute atomic E-state index is 0.180. The third-order valence-electron chi connectivity index (χ3n) is 4.54. The van der Waals surface area contributed by atoms with Crippen LogP contribution in [0.15, 0.2) is 12.2 Å². The van der Waals surface area contributed by atoms with Crippen LogP contribution in [0.2, 0.25) is 0 Å². The Labute approximate surface area is 136 Å². The molecule has 3 nitrogen and oxygen atoms in total. The number of aliphatic carboxylic acids is 1. The van der Waals surface area contributed by atoms with Crippen LogP contribution in [0.4, 0.5) is 0 Å². The smallest absolute Gasteiger partial charge is 0.309 e. The van der Waals surface area contributed by atoms with Crippen molar-refractivity contribution in [2.24, 2.45) is 10.8 Å². The molecule has 0 heterocycles. The fourth-order valence-corrected chi connectivity index (χ4v) is 2.18. The van der Waals surface area contributed by atoms with E-state index < -0.39 is 11.4 Å². The summed E-state index contributed by atoms with van der Waals surface area (Å²) in [5, 5.41) is 9.02. The highest BCUT2D eigenvalue weighted by molar-refractivity contribution is 5.81. The average molecular weight is 310 g/mol. The molecular weight excluding hydrogens is 276 g/mol. The SMILES string of the molecule is CC(=O)C(C)(C)CCCC/C=C\CCCCC(C)(C)C(=O)O. The van der Waals surface area contributed by atoms with E-state index in [0.29, 0.717) is 0 Å². The Kier molecular flexibility index (Phi) is 9.31. The van der Waals surface area contributed by atoms with Crippen molar-refractivity contribution >= 4 is 11.8 Å². The molecule has 3 heteroatoms. The summed E-state index contributed by atoms with van der Waals surface area (Å²) >= 11 is 0. The zero-order valence-electron chi connectivity index (χ0n) is 15.1. The topological polar surface area (TPSA) is 54.4 Å². The van der Waals surface area contributed by atoms with Crippen LogP contribution in [0, 0.1) is 10.8 Å². The van der Waals surface area contributed by atoms with E-state index in [1.54, 1.807) is 20.8 Å². The van der Waals surface area contributed by atoms with Crippen LogP contribution in [0.25, 0.3) is 0 Å². The fraction of sp³-hybridized carbons (Fsp3) is 0.789. The summed E-state index contributed by atoms with van der Waals surface area (Å²) in [6.07, 6.45) is 12.4. The van der Waals surface area contributed by atoms with Crippen molar-refractivity contribution in [1.82, 2.24) is 0 Å². The van der Waals surface area contributed by atoms with Gasteiger partial charge in [0, 0.05) is 5.41 Å². The second kappa shape index (κ2) is 9.81. The molecule has 0 fully saturated rings. The van der Waals surface area contributed by atoms with Gasteiger partial charge in [0.2, 0.25) is 0 Å². The largest absolute Gasteiger partial charge is 0.481 e. The minimum Gasteiger partial charge on any atom is -0.481 e. The second-order valence-corrected chi connectivity index (χ2v) is 7.59. The lowest BCUT2D eigenvalue weighted by atomic mass is 9.83. The van der Waals surface area contributed by atoms with Gasteiger partial charge >= 0.3 is 5.97 Å². The van der Waals surface area contributed by atoms with Crippen LogP contribution in [-0.4, -0.2) is 16.9 Å². The number of hydrogen-bond acceptors (Lipinski definition) is 2. The van der Waals surface area contributed by atoms with E-state index in [1.807, 2.05) is 13.8 Å². The molecule has 0 saturated carbocycles. The molecule has 0 aliphatic rings. The van der Waals surface area contributed by atoms with Crippen LogP contribution < -0.4 is 0 Å². The normalized spacial score (nSPS) is 12.8. The zero-order chi connectivity index (χ0) is 17.2. The summed E-state index contributed by atoms with van der Waals surface area (Å²) in [5.41, 5.74) is -0.784. The Bertz CT molecular complexity index is 342. The third kappa shape index (κ3) is 9.01. The standard InChI is InChI=1S/C19H34O3/c1-16(20)18(2,3)14-12-10-8-6-7-9-11-13-15-19(4,5)17(21)22/h6-7H,8-15H2,1-5H3,(H,21,22)/b7-6-. The van der Waals surface area contributed by atoms with Crippen LogP contribution in [0.5, 0.6) is 0 Å². The van der Waals surface area contributed by atoms with Crippen LogP contribution in [-0.2, 0) is 9.59 Å². The van der Waals surface area contributed by atoms with E-state index >= 15 is 0 Å². The maximum Gasteiger partial charge on any atom is 0.309 e. The van der Waals surface area contributed by atoms with E-state index in [9.17, 15) is 9.59 Å². The highest BCUT2D eigenvalue weighted by Gasteiger charge is 2.25. The van der Waals surface area contributed by atoms with Gasteiger partial charge in [0.15, 0.2) is 0 Å². The van der Waals surface area contributed by atoms with Gasteiger partial charge in [-0.25, -0.2) is 0 Å². The van der Waals surface area contributed by atoms with Crippen LogP contribution >= 0.6 is 0 Å². The Balaban J connectivity index is 3.61. The third-order valence-corrected chi connectivity index (χ3v) is 4.54. The van der Waals surface area contributed by atoms with Crippen molar-refractivity contribution in [2.45, 2.75) is 86.0 Å². The molecule has 22 heavy (non-hydrogen) atoms. The first-order valence-electron chi connectivity index (χ1n) is 8.49. The lowest BCUT2D eigenvalue weighted by Crippen LogP contribution is -2.23. The number of Topliss-reactive ketones (excluding diaryl/α,β-unsaturated/α-hetero) is 1. The Morgan fingerprint density at radius 2 is 1.23 bits per heavy atom. The predicted octanol–water partition coefficient (Wildman–Crippen LogP) is 5.39. The highest BCUT2D eigenvalue weighted by Crippen LogP contribution is 2.25. The van der Waals surface area contributed by atoms with E-state index in [1.165, 1.54) is 0 Å². The van der Waals surface area contributed by atoms with Gasteiger partial charge in [0.25, 0.3) is 0 Å². The number of carbonyl (C=O) groups excluding carboxylic acids is 1. The number of unbranched alkanes of at least 4 members (excludes halogenated alkanes) is 4. The molecule has 128 valence electrons. The number of allylic oxidation sites excluding steroid dienone is 2. The number of carbonyl (C=O) groups is 2. The first-order valence-corrected chi connectivity index (χ1v) is 8.49. The summed E-state index contributed by atoms with van der Waals surface area (Å²) in [5.74, 6) is -0.441. The summed E-state index contributed by atoms with van der Waals surface area (Å²) in [7, 11) is 0. The Hall–Kier alpha value is -1.12. The lowest BCUT2D eigenvalue weighted by Gasteiger charge is -2.20. The molecule has 0 aromatic heterocycles. The van der Waals surface area contributed by atoms with Crippen molar-refractivity contribution < 1.29 is 14.7 Å². The molecule has 0 atom stereocenters. The first-order chi connectivity index (χ1) is 10.1. The summed E-state index contributed by atoms with van der Waals surface area (Å²) in [6, 6.07) is 0. The molecule has 0 aromatic rings. The quantitative estimate of drug-likeness (QED) is 0.388. The predicted molar refractivity (Wildman–Crippen MR) is 92.0 cm³/mol. The molecule has 0 unspecified atom stereocenters. The first kappa shape index (κ1) is 20.9. The molecule has 0 saturated heterocycles. The lowest BCUT2D eigenvalue weighted by molar-refractivity contribution is -0.147. The van der Waals surface area contributed by atoms with Gasteiger partial charge < -0.3 is 5.11 Å². The highest BCUT2D eigenvalue weighted by atomic mass is 16.4. The van der Waals surface area contributed by atoms with E-state index in [-0.39, 0.29) is 11.2 Å². The van der Waals surface area contributed by atoms with E-state index in [2.05, 4.69) is 12.2 Å². The van der Waals surface area contributed by atoms with Crippen molar-refractivity contribution in [3.8, 4) is 0 Å². The summed E-state index contributed by atoms with van der Waals surface area (Å²) < 4.78 is 0. The average Bonchev–Trinajstić information content (AvgIpc) is 2.40. The molecule has 0 rings (SSSR count). The molecular formula is C19H34O3. The Morgan fingerprint density at radius 1 is 0.818 bits per heavy atom. The molecule has 0 aliphatic carbocycles. The van der Waals surface area contributed by atoms with E-state index in [4.69, 9.17) is 5.11 Å². The molecule has 0 aliphatic heterocycles. The fourth-order valence-electron chi connectivity index (χ4n) is 2.18. The summed E-state index contributed by atoms with van der Waals surface area (Å²) in [6.45, 7) is 9.28. The van der Waals surface area contributed by atoms with Gasteiger partial charge in [-0.3, -0.25) is 9.59 Å². The summed E-state index contributed by atoms with van der Waals surface area (Å²) in [4.78, 5) is 22.4. The van der Waals surface area contributed by atoms with Crippen LogP contribution in [0.1, 0.15) is 86.0 Å². The monoisotopic (exact) mass is 310 g/mol.